The third kappa shape index (κ3) is 6.25. The van der Waals surface area contributed by atoms with E-state index in [1.54, 1.807) is 13.3 Å². The van der Waals surface area contributed by atoms with Gasteiger partial charge in [0.2, 0.25) is 5.91 Å². The van der Waals surface area contributed by atoms with Crippen LogP contribution in [0.1, 0.15) is 25.0 Å². The van der Waals surface area contributed by atoms with Crippen LogP contribution >= 0.6 is 0 Å². The molecule has 1 saturated heterocycles. The zero-order chi connectivity index (χ0) is 16.3. The van der Waals surface area contributed by atoms with Gasteiger partial charge in [0, 0.05) is 19.3 Å². The lowest BCUT2D eigenvalue weighted by atomic mass is 10.1. The van der Waals surface area contributed by atoms with Crippen molar-refractivity contribution in [2.45, 2.75) is 31.8 Å². The van der Waals surface area contributed by atoms with E-state index >= 15 is 0 Å². The normalized spacial score (nSPS) is 18.4. The van der Waals surface area contributed by atoms with Crippen LogP contribution in [0, 0.1) is 0 Å². The average molecular weight is 321 g/mol. The first kappa shape index (κ1) is 17.8. The Kier molecular flexibility index (Phi) is 8.00. The number of amides is 1. The van der Waals surface area contributed by atoms with Gasteiger partial charge in [-0.15, -0.1) is 0 Å². The number of hydrogen-bond donors (Lipinski definition) is 1. The van der Waals surface area contributed by atoms with Gasteiger partial charge >= 0.3 is 0 Å². The Hall–Kier alpha value is -1.50. The largest absolute Gasteiger partial charge is 0.382 e. The molecule has 0 radical (unpaired) electrons. The first-order valence-electron chi connectivity index (χ1n) is 8.28. The second-order valence-corrected chi connectivity index (χ2v) is 5.72. The molecular weight excluding hydrogens is 294 g/mol. The van der Waals surface area contributed by atoms with Crippen LogP contribution in [0.5, 0.6) is 0 Å². The van der Waals surface area contributed by atoms with Crippen LogP contribution in [-0.4, -0.2) is 61.9 Å². The maximum absolute atomic E-state index is 12.6. The van der Waals surface area contributed by atoms with E-state index in [9.17, 15) is 4.79 Å². The summed E-state index contributed by atoms with van der Waals surface area (Å²) in [6, 6.07) is 6.04. The molecule has 6 heteroatoms. The van der Waals surface area contributed by atoms with Gasteiger partial charge in [-0.1, -0.05) is 6.07 Å². The van der Waals surface area contributed by atoms with Gasteiger partial charge in [0.25, 0.3) is 0 Å². The topological polar surface area (TPSA) is 63.7 Å². The first-order valence-corrected chi connectivity index (χ1v) is 8.28. The maximum atomic E-state index is 12.6. The molecular formula is C17H27N3O3. The lowest BCUT2D eigenvalue weighted by Gasteiger charge is -2.31. The molecule has 23 heavy (non-hydrogen) atoms. The Morgan fingerprint density at radius 3 is 3.04 bits per heavy atom. The standard InChI is InChI=1S/C17H27N3O3/c1-22-11-12-23-14-17(21)20(13-15-5-2-3-9-19-15)16-6-4-8-18-10-7-16/h2-3,5,9,16,18H,4,6-8,10-14H2,1H3. The summed E-state index contributed by atoms with van der Waals surface area (Å²) < 4.78 is 10.4. The number of aromatic nitrogens is 1. The van der Waals surface area contributed by atoms with Crippen LogP contribution in [0.15, 0.2) is 24.4 Å². The number of carbonyl (C=O) groups is 1. The van der Waals surface area contributed by atoms with Crippen molar-refractivity contribution >= 4 is 5.91 Å². The third-order valence-corrected chi connectivity index (χ3v) is 4.02. The van der Waals surface area contributed by atoms with Crippen LogP contribution in [0.4, 0.5) is 0 Å². The number of methoxy groups -OCH3 is 1. The van der Waals surface area contributed by atoms with Crippen molar-refractivity contribution in [1.29, 1.82) is 0 Å². The summed E-state index contributed by atoms with van der Waals surface area (Å²) in [4.78, 5) is 18.9. The number of hydrogen-bond acceptors (Lipinski definition) is 5. The van der Waals surface area contributed by atoms with Gasteiger partial charge in [0.15, 0.2) is 0 Å². The van der Waals surface area contributed by atoms with E-state index in [4.69, 9.17) is 9.47 Å². The van der Waals surface area contributed by atoms with Crippen molar-refractivity contribution in [2.24, 2.45) is 0 Å². The van der Waals surface area contributed by atoms with E-state index in [0.29, 0.717) is 19.8 Å². The molecule has 1 aliphatic rings. The van der Waals surface area contributed by atoms with Crippen LogP contribution in [0.3, 0.4) is 0 Å². The van der Waals surface area contributed by atoms with Crippen molar-refractivity contribution < 1.29 is 14.3 Å². The Balaban J connectivity index is 1.99. The third-order valence-electron chi connectivity index (χ3n) is 4.02. The molecule has 1 N–H and O–H groups in total. The summed E-state index contributed by atoms with van der Waals surface area (Å²) in [6.45, 7) is 3.54. The van der Waals surface area contributed by atoms with E-state index in [0.717, 1.165) is 38.0 Å². The van der Waals surface area contributed by atoms with Crippen molar-refractivity contribution in [3.05, 3.63) is 30.1 Å². The number of rotatable bonds is 8. The molecule has 1 aromatic rings. The van der Waals surface area contributed by atoms with Crippen LogP contribution in [0.25, 0.3) is 0 Å². The molecule has 1 amide bonds. The van der Waals surface area contributed by atoms with E-state index in [1.165, 1.54) is 0 Å². The van der Waals surface area contributed by atoms with Gasteiger partial charge in [0.05, 0.1) is 25.5 Å². The van der Waals surface area contributed by atoms with E-state index < -0.39 is 0 Å². The summed E-state index contributed by atoms with van der Waals surface area (Å²) >= 11 is 0. The van der Waals surface area contributed by atoms with E-state index in [1.807, 2.05) is 23.1 Å². The van der Waals surface area contributed by atoms with Crippen molar-refractivity contribution in [1.82, 2.24) is 15.2 Å². The highest BCUT2D eigenvalue weighted by Crippen LogP contribution is 2.16. The highest BCUT2D eigenvalue weighted by molar-refractivity contribution is 5.77. The predicted molar refractivity (Wildman–Crippen MR) is 88.0 cm³/mol. The van der Waals surface area contributed by atoms with Gasteiger partial charge in [-0.2, -0.15) is 0 Å². The lowest BCUT2D eigenvalue weighted by Crippen LogP contribution is -2.42. The smallest absolute Gasteiger partial charge is 0.249 e. The molecule has 2 heterocycles. The minimum Gasteiger partial charge on any atom is -0.382 e. The van der Waals surface area contributed by atoms with Crippen molar-refractivity contribution in [3.63, 3.8) is 0 Å². The molecule has 1 aromatic heterocycles. The molecule has 1 fully saturated rings. The second-order valence-electron chi connectivity index (χ2n) is 5.72. The molecule has 0 aliphatic carbocycles. The Morgan fingerprint density at radius 2 is 2.26 bits per heavy atom. The zero-order valence-electron chi connectivity index (χ0n) is 13.9. The zero-order valence-corrected chi connectivity index (χ0v) is 13.9. The molecule has 0 bridgehead atoms. The summed E-state index contributed by atoms with van der Waals surface area (Å²) in [6.07, 6.45) is 4.84. The summed E-state index contributed by atoms with van der Waals surface area (Å²) in [5.41, 5.74) is 0.912. The minimum atomic E-state index is 0.0265. The van der Waals surface area contributed by atoms with Gasteiger partial charge in [-0.05, 0) is 44.5 Å². The maximum Gasteiger partial charge on any atom is 0.249 e. The molecule has 0 spiro atoms. The summed E-state index contributed by atoms with van der Waals surface area (Å²) in [5, 5.41) is 3.39. The molecule has 1 aliphatic heterocycles. The average Bonchev–Trinajstić information content (AvgIpc) is 2.86. The lowest BCUT2D eigenvalue weighted by molar-refractivity contribution is -0.140. The summed E-state index contributed by atoms with van der Waals surface area (Å²) in [7, 11) is 1.62. The van der Waals surface area contributed by atoms with Gasteiger partial charge in [-0.3, -0.25) is 9.78 Å². The Morgan fingerprint density at radius 1 is 1.35 bits per heavy atom. The highest BCUT2D eigenvalue weighted by Gasteiger charge is 2.25. The van der Waals surface area contributed by atoms with Gasteiger partial charge < -0.3 is 19.7 Å². The van der Waals surface area contributed by atoms with Gasteiger partial charge in [-0.25, -0.2) is 0 Å². The van der Waals surface area contributed by atoms with Crippen molar-refractivity contribution in [3.8, 4) is 0 Å². The van der Waals surface area contributed by atoms with Crippen LogP contribution in [-0.2, 0) is 20.8 Å². The highest BCUT2D eigenvalue weighted by atomic mass is 16.5. The molecule has 128 valence electrons. The number of carbonyl (C=O) groups excluding carboxylic acids is 1. The number of pyridine rings is 1. The fraction of sp³-hybridized carbons (Fsp3) is 0.647. The van der Waals surface area contributed by atoms with E-state index in [2.05, 4.69) is 10.3 Å². The summed E-state index contributed by atoms with van der Waals surface area (Å²) in [5.74, 6) is 0.0265. The van der Waals surface area contributed by atoms with Gasteiger partial charge in [0.1, 0.15) is 6.61 Å². The minimum absolute atomic E-state index is 0.0265. The number of nitrogens with zero attached hydrogens (tertiary/aromatic N) is 2. The molecule has 1 atom stereocenters. The van der Waals surface area contributed by atoms with Crippen LogP contribution in [0.2, 0.25) is 0 Å². The quantitative estimate of drug-likeness (QED) is 0.729. The molecule has 2 rings (SSSR count). The number of nitrogens with one attached hydrogen (secondary N) is 1. The van der Waals surface area contributed by atoms with Crippen LogP contribution < -0.4 is 5.32 Å². The van der Waals surface area contributed by atoms with E-state index in [-0.39, 0.29) is 18.6 Å². The first-order chi connectivity index (χ1) is 11.3. The second kappa shape index (κ2) is 10.3. The number of ether oxygens (including phenoxy) is 2. The molecule has 6 nitrogen and oxygen atoms in total. The Bertz CT molecular complexity index is 448. The molecule has 0 saturated carbocycles. The van der Waals surface area contributed by atoms with Crippen molar-refractivity contribution in [2.75, 3.05) is 40.0 Å². The monoisotopic (exact) mass is 321 g/mol. The molecule has 0 aromatic carbocycles. The Labute approximate surface area is 138 Å². The molecule has 1 unspecified atom stereocenters. The fourth-order valence-electron chi connectivity index (χ4n) is 2.78. The predicted octanol–water partition coefficient (Wildman–Crippen LogP) is 1.22. The SMILES string of the molecule is COCCOCC(=O)N(Cc1ccccn1)C1CCCNCC1. The fourth-order valence-corrected chi connectivity index (χ4v) is 2.78.